The summed E-state index contributed by atoms with van der Waals surface area (Å²) in [6.45, 7) is 1.05. The van der Waals surface area contributed by atoms with Crippen LogP contribution in [0.15, 0.2) is 22.7 Å². The summed E-state index contributed by atoms with van der Waals surface area (Å²) >= 11 is 3.19. The van der Waals surface area contributed by atoms with Crippen LogP contribution in [0.25, 0.3) is 0 Å². The summed E-state index contributed by atoms with van der Waals surface area (Å²) < 4.78 is 14.5. The molecule has 0 aromatic heterocycles. The molecule has 1 aliphatic rings. The van der Waals surface area contributed by atoms with Gasteiger partial charge in [-0.15, -0.1) is 0 Å². The lowest BCUT2D eigenvalue weighted by atomic mass is 9.89. The van der Waals surface area contributed by atoms with Crippen molar-refractivity contribution < 1.29 is 14.3 Å². The van der Waals surface area contributed by atoms with Gasteiger partial charge in [-0.2, -0.15) is 0 Å². The van der Waals surface area contributed by atoms with Gasteiger partial charge in [-0.1, -0.05) is 22.0 Å². The zero-order chi connectivity index (χ0) is 12.6. The molecule has 1 aromatic carbocycles. The molecule has 0 amide bonds. The number of nitrogens with zero attached hydrogens (tertiary/aromatic N) is 1. The topological polar surface area (TPSA) is 40.5 Å². The van der Waals surface area contributed by atoms with Crippen LogP contribution in [0, 0.1) is 11.7 Å². The van der Waals surface area contributed by atoms with E-state index in [4.69, 9.17) is 5.11 Å². The standard InChI is InChI=1S/C12H13BrFNO2/c1-15-5-9(10(6-15)12(16)17)8-3-2-7(13)4-11(8)14/h2-4,9-10H,5-6H2,1H3,(H,16,17). The van der Waals surface area contributed by atoms with Crippen molar-refractivity contribution in [1.29, 1.82) is 0 Å². The van der Waals surface area contributed by atoms with E-state index in [0.29, 0.717) is 23.1 Å². The average molecular weight is 302 g/mol. The second kappa shape index (κ2) is 4.74. The van der Waals surface area contributed by atoms with Crippen molar-refractivity contribution in [2.75, 3.05) is 20.1 Å². The fourth-order valence-corrected chi connectivity index (χ4v) is 2.70. The Balaban J connectivity index is 2.34. The zero-order valence-electron chi connectivity index (χ0n) is 9.36. The summed E-state index contributed by atoms with van der Waals surface area (Å²) in [4.78, 5) is 13.1. The molecule has 17 heavy (non-hydrogen) atoms. The minimum atomic E-state index is -0.860. The third-order valence-corrected chi connectivity index (χ3v) is 3.67. The Morgan fingerprint density at radius 1 is 1.53 bits per heavy atom. The maximum Gasteiger partial charge on any atom is 0.308 e. The van der Waals surface area contributed by atoms with Gasteiger partial charge in [0.05, 0.1) is 5.92 Å². The number of likely N-dealkylation sites (N-methyl/N-ethyl adjacent to an activating group) is 1. The average Bonchev–Trinajstić information content (AvgIpc) is 2.60. The van der Waals surface area contributed by atoms with Gasteiger partial charge in [0.25, 0.3) is 0 Å². The van der Waals surface area contributed by atoms with E-state index in [9.17, 15) is 9.18 Å². The second-order valence-electron chi connectivity index (χ2n) is 4.44. The highest BCUT2D eigenvalue weighted by atomic mass is 79.9. The zero-order valence-corrected chi connectivity index (χ0v) is 10.9. The molecule has 1 fully saturated rings. The van der Waals surface area contributed by atoms with Crippen LogP contribution in [0.3, 0.4) is 0 Å². The van der Waals surface area contributed by atoms with Crippen molar-refractivity contribution in [2.24, 2.45) is 5.92 Å². The number of carboxylic acid groups (broad SMARTS) is 1. The summed E-state index contributed by atoms with van der Waals surface area (Å²) in [7, 11) is 1.85. The molecule has 2 atom stereocenters. The van der Waals surface area contributed by atoms with Crippen LogP contribution >= 0.6 is 15.9 Å². The number of hydrogen-bond donors (Lipinski definition) is 1. The Hall–Kier alpha value is -0.940. The molecule has 0 aliphatic carbocycles. The first-order valence-electron chi connectivity index (χ1n) is 5.35. The lowest BCUT2D eigenvalue weighted by molar-refractivity contribution is -0.141. The van der Waals surface area contributed by atoms with E-state index in [0.717, 1.165) is 0 Å². The van der Waals surface area contributed by atoms with Crippen LogP contribution in [-0.2, 0) is 4.79 Å². The predicted molar refractivity (Wildman–Crippen MR) is 65.5 cm³/mol. The molecular formula is C12H13BrFNO2. The Morgan fingerprint density at radius 2 is 2.24 bits per heavy atom. The summed E-state index contributed by atoms with van der Waals surface area (Å²) in [6.07, 6.45) is 0. The van der Waals surface area contributed by atoms with E-state index >= 15 is 0 Å². The van der Waals surface area contributed by atoms with Gasteiger partial charge in [0, 0.05) is 23.5 Å². The van der Waals surface area contributed by atoms with Crippen LogP contribution in [0.1, 0.15) is 11.5 Å². The molecule has 1 heterocycles. The first-order valence-corrected chi connectivity index (χ1v) is 6.14. The lowest BCUT2D eigenvalue weighted by Crippen LogP contribution is -2.21. The maximum atomic E-state index is 13.8. The Labute approximate surface area is 107 Å². The third kappa shape index (κ3) is 2.50. The highest BCUT2D eigenvalue weighted by molar-refractivity contribution is 9.10. The number of benzene rings is 1. The molecule has 0 saturated carbocycles. The van der Waals surface area contributed by atoms with Crippen molar-refractivity contribution in [1.82, 2.24) is 4.90 Å². The minimum absolute atomic E-state index is 0.273. The quantitative estimate of drug-likeness (QED) is 0.911. The molecule has 1 aliphatic heterocycles. The maximum absolute atomic E-state index is 13.8. The van der Waals surface area contributed by atoms with Crippen LogP contribution in [0.5, 0.6) is 0 Å². The van der Waals surface area contributed by atoms with Gasteiger partial charge in [-0.25, -0.2) is 4.39 Å². The van der Waals surface area contributed by atoms with E-state index < -0.39 is 11.9 Å². The fourth-order valence-electron chi connectivity index (χ4n) is 2.37. The molecule has 0 radical (unpaired) electrons. The van der Waals surface area contributed by atoms with Crippen LogP contribution < -0.4 is 0 Å². The van der Waals surface area contributed by atoms with Gasteiger partial charge in [0.2, 0.25) is 0 Å². The fraction of sp³-hybridized carbons (Fsp3) is 0.417. The molecule has 0 bridgehead atoms. The number of halogens is 2. The van der Waals surface area contributed by atoms with Gasteiger partial charge >= 0.3 is 5.97 Å². The molecule has 1 aromatic rings. The van der Waals surface area contributed by atoms with Crippen molar-refractivity contribution in [3.8, 4) is 0 Å². The Kier molecular flexibility index (Phi) is 3.49. The van der Waals surface area contributed by atoms with Crippen molar-refractivity contribution in [3.05, 3.63) is 34.1 Å². The summed E-state index contributed by atoms with van der Waals surface area (Å²) in [5.74, 6) is -2.01. The molecule has 1 saturated heterocycles. The molecule has 0 spiro atoms. The second-order valence-corrected chi connectivity index (χ2v) is 5.35. The third-order valence-electron chi connectivity index (χ3n) is 3.18. The highest BCUT2D eigenvalue weighted by Gasteiger charge is 2.38. The SMILES string of the molecule is CN1CC(C(=O)O)C(c2ccc(Br)cc2F)C1. The molecule has 5 heteroatoms. The van der Waals surface area contributed by atoms with Crippen LogP contribution in [0.4, 0.5) is 4.39 Å². The monoisotopic (exact) mass is 301 g/mol. The predicted octanol–water partition coefficient (Wildman–Crippen LogP) is 2.32. The van der Waals surface area contributed by atoms with E-state index in [2.05, 4.69) is 15.9 Å². The first kappa shape index (κ1) is 12.5. The number of likely N-dealkylation sites (tertiary alicyclic amines) is 1. The van der Waals surface area contributed by atoms with Crippen LogP contribution in [0.2, 0.25) is 0 Å². The van der Waals surface area contributed by atoms with Crippen LogP contribution in [-0.4, -0.2) is 36.1 Å². The number of carbonyl (C=O) groups is 1. The summed E-state index contributed by atoms with van der Waals surface area (Å²) in [5.41, 5.74) is 0.491. The summed E-state index contributed by atoms with van der Waals surface area (Å²) in [5, 5.41) is 9.15. The van der Waals surface area contributed by atoms with E-state index in [1.54, 1.807) is 12.1 Å². The largest absolute Gasteiger partial charge is 0.481 e. The smallest absolute Gasteiger partial charge is 0.308 e. The van der Waals surface area contributed by atoms with Crippen molar-refractivity contribution in [3.63, 3.8) is 0 Å². The van der Waals surface area contributed by atoms with Crippen molar-refractivity contribution in [2.45, 2.75) is 5.92 Å². The van der Waals surface area contributed by atoms with Gasteiger partial charge < -0.3 is 10.0 Å². The lowest BCUT2D eigenvalue weighted by Gasteiger charge is -2.15. The Bertz CT molecular complexity index is 452. The number of rotatable bonds is 2. The normalized spacial score (nSPS) is 25.1. The molecule has 3 nitrogen and oxygen atoms in total. The van der Waals surface area contributed by atoms with Gasteiger partial charge in [0.15, 0.2) is 0 Å². The van der Waals surface area contributed by atoms with E-state index in [1.165, 1.54) is 6.07 Å². The van der Waals surface area contributed by atoms with Crippen molar-refractivity contribution >= 4 is 21.9 Å². The van der Waals surface area contributed by atoms with Gasteiger partial charge in [0.1, 0.15) is 5.82 Å². The number of aliphatic carboxylic acids is 1. The van der Waals surface area contributed by atoms with E-state index in [1.807, 2.05) is 11.9 Å². The van der Waals surface area contributed by atoms with Gasteiger partial charge in [-0.05, 0) is 24.7 Å². The van der Waals surface area contributed by atoms with Gasteiger partial charge in [-0.3, -0.25) is 4.79 Å². The molecule has 1 N–H and O–H groups in total. The Morgan fingerprint density at radius 3 is 2.82 bits per heavy atom. The number of hydrogen-bond acceptors (Lipinski definition) is 2. The number of carboxylic acids is 1. The minimum Gasteiger partial charge on any atom is -0.481 e. The highest BCUT2D eigenvalue weighted by Crippen LogP contribution is 2.34. The molecular weight excluding hydrogens is 289 g/mol. The molecule has 92 valence electrons. The summed E-state index contributed by atoms with van der Waals surface area (Å²) in [6, 6.07) is 4.79. The first-order chi connectivity index (χ1) is 7.99. The molecule has 2 unspecified atom stereocenters. The van der Waals surface area contributed by atoms with E-state index in [-0.39, 0.29) is 11.7 Å². The molecule has 2 rings (SSSR count).